The van der Waals surface area contributed by atoms with E-state index in [0.717, 1.165) is 0 Å². The van der Waals surface area contributed by atoms with E-state index in [9.17, 15) is 10.1 Å². The number of hydrogen-bond acceptors (Lipinski definition) is 3. The molecule has 4 heteroatoms. The lowest BCUT2D eigenvalue weighted by Gasteiger charge is -1.91. The zero-order valence-electron chi connectivity index (χ0n) is 4.87. The summed E-state index contributed by atoms with van der Waals surface area (Å²) in [6.45, 7) is 3.08. The van der Waals surface area contributed by atoms with Gasteiger partial charge in [0.05, 0.1) is 0 Å². The summed E-state index contributed by atoms with van der Waals surface area (Å²) in [7, 11) is 0. The fourth-order valence-electron chi connectivity index (χ4n) is 0.270. The lowest BCUT2D eigenvalue weighted by atomic mass is 10.6. The highest BCUT2D eigenvalue weighted by Gasteiger charge is 2.05. The first kappa shape index (κ1) is 7.07. The van der Waals surface area contributed by atoms with Gasteiger partial charge >= 0.3 is 6.17 Å². The van der Waals surface area contributed by atoms with Crippen molar-refractivity contribution < 1.29 is 4.92 Å². The number of nitro groups is 1. The second-order valence-electron chi connectivity index (χ2n) is 1.32. The first-order valence-corrected chi connectivity index (χ1v) is 2.29. The average molecular weight is 116 g/mol. The molecule has 0 aromatic carbocycles. The van der Waals surface area contributed by atoms with Crippen molar-refractivity contribution in [3.63, 3.8) is 0 Å². The lowest BCUT2D eigenvalue weighted by Crippen LogP contribution is -2.11. The maximum absolute atomic E-state index is 9.78. The van der Waals surface area contributed by atoms with Crippen LogP contribution in [0, 0.1) is 10.1 Å². The molecule has 0 saturated carbocycles. The zero-order valence-corrected chi connectivity index (χ0v) is 4.87. The van der Waals surface area contributed by atoms with E-state index >= 15 is 0 Å². The van der Waals surface area contributed by atoms with Gasteiger partial charge in [-0.15, -0.1) is 0 Å². The Morgan fingerprint density at radius 3 is 2.50 bits per heavy atom. The van der Waals surface area contributed by atoms with E-state index in [1.54, 1.807) is 6.92 Å². The Balaban J connectivity index is 3.64. The van der Waals surface area contributed by atoms with Crippen LogP contribution in [-0.2, 0) is 0 Å². The van der Waals surface area contributed by atoms with Crippen LogP contribution >= 0.6 is 0 Å². The predicted octanol–water partition coefficient (Wildman–Crippen LogP) is 0.700. The third-order valence-electron chi connectivity index (χ3n) is 0.670. The zero-order chi connectivity index (χ0) is 6.57. The van der Waals surface area contributed by atoms with Gasteiger partial charge in [0.25, 0.3) is 0 Å². The van der Waals surface area contributed by atoms with E-state index in [0.29, 0.717) is 0 Å². The van der Waals surface area contributed by atoms with Gasteiger partial charge in [-0.25, -0.2) is 4.99 Å². The number of aliphatic imine (C=N–C) groups is 1. The van der Waals surface area contributed by atoms with Crippen LogP contribution in [-0.4, -0.2) is 17.3 Å². The lowest BCUT2D eigenvalue weighted by molar-refractivity contribution is -0.515. The average Bonchev–Trinajstić information content (AvgIpc) is 1.67. The molecule has 0 amide bonds. The Bertz CT molecular complexity index is 111. The minimum atomic E-state index is -0.792. The Morgan fingerprint density at radius 2 is 2.38 bits per heavy atom. The molecule has 0 aliphatic rings. The predicted molar refractivity (Wildman–Crippen MR) is 30.6 cm³/mol. The van der Waals surface area contributed by atoms with Crippen LogP contribution in [0.1, 0.15) is 13.8 Å². The molecule has 0 N–H and O–H groups in total. The summed E-state index contributed by atoms with van der Waals surface area (Å²) in [6, 6.07) is 0. The van der Waals surface area contributed by atoms with E-state index < -0.39 is 11.1 Å². The number of nitrogens with zero attached hydrogens (tertiary/aromatic N) is 2. The van der Waals surface area contributed by atoms with Gasteiger partial charge in [-0.05, 0) is 6.92 Å². The van der Waals surface area contributed by atoms with E-state index in [4.69, 9.17) is 0 Å². The van der Waals surface area contributed by atoms with E-state index in [1.807, 2.05) is 0 Å². The molecule has 1 unspecified atom stereocenters. The van der Waals surface area contributed by atoms with Gasteiger partial charge in [0.2, 0.25) is 0 Å². The molecule has 0 aliphatic carbocycles. The van der Waals surface area contributed by atoms with E-state index in [1.165, 1.54) is 13.1 Å². The molecule has 0 bridgehead atoms. The van der Waals surface area contributed by atoms with Crippen molar-refractivity contribution in [2.75, 3.05) is 0 Å². The standard InChI is InChI=1S/C4H8N2O2/c1-3-5-4(2)6(7)8/h3-4H,1-2H3. The van der Waals surface area contributed by atoms with Crippen LogP contribution in [0.2, 0.25) is 0 Å². The number of rotatable bonds is 2. The normalized spacial score (nSPS) is 14.2. The van der Waals surface area contributed by atoms with Crippen LogP contribution in [0.25, 0.3) is 0 Å². The van der Waals surface area contributed by atoms with Gasteiger partial charge in [0.1, 0.15) is 0 Å². The van der Waals surface area contributed by atoms with Crippen molar-refractivity contribution in [1.82, 2.24) is 0 Å². The van der Waals surface area contributed by atoms with Gasteiger partial charge < -0.3 is 0 Å². The molecule has 4 nitrogen and oxygen atoms in total. The minimum Gasteiger partial charge on any atom is -0.262 e. The molecule has 0 aromatic rings. The molecule has 8 heavy (non-hydrogen) atoms. The second kappa shape index (κ2) is 3.12. The molecule has 0 aromatic heterocycles. The third kappa shape index (κ3) is 2.28. The summed E-state index contributed by atoms with van der Waals surface area (Å²) in [5.41, 5.74) is 0. The molecule has 0 spiro atoms. The quantitative estimate of drug-likeness (QED) is 0.303. The molecule has 0 fully saturated rings. The van der Waals surface area contributed by atoms with Crippen molar-refractivity contribution >= 4 is 6.21 Å². The largest absolute Gasteiger partial charge is 0.300 e. The first-order valence-electron chi connectivity index (χ1n) is 2.29. The van der Waals surface area contributed by atoms with Crippen molar-refractivity contribution in [1.29, 1.82) is 0 Å². The van der Waals surface area contributed by atoms with Gasteiger partial charge in [-0.2, -0.15) is 0 Å². The van der Waals surface area contributed by atoms with Crippen molar-refractivity contribution in [3.05, 3.63) is 10.1 Å². The summed E-state index contributed by atoms with van der Waals surface area (Å²) in [5, 5.41) is 9.78. The van der Waals surface area contributed by atoms with E-state index in [2.05, 4.69) is 4.99 Å². The van der Waals surface area contributed by atoms with Gasteiger partial charge in [-0.3, -0.25) is 10.1 Å². The molecular weight excluding hydrogens is 108 g/mol. The van der Waals surface area contributed by atoms with Gasteiger partial charge in [-0.1, -0.05) is 0 Å². The summed E-state index contributed by atoms with van der Waals surface area (Å²) in [4.78, 5) is 12.8. The molecule has 0 saturated heterocycles. The highest BCUT2D eigenvalue weighted by molar-refractivity contribution is 5.53. The maximum Gasteiger partial charge on any atom is 0.300 e. The van der Waals surface area contributed by atoms with Gasteiger partial charge in [0.15, 0.2) is 0 Å². The summed E-state index contributed by atoms with van der Waals surface area (Å²) < 4.78 is 0. The fraction of sp³-hybridized carbons (Fsp3) is 0.750. The SMILES string of the molecule is CC=NC(C)[N+](=O)[O-]. The fourth-order valence-corrected chi connectivity index (χ4v) is 0.270. The molecule has 0 heterocycles. The minimum absolute atomic E-state index is 0.444. The van der Waals surface area contributed by atoms with Crippen LogP contribution in [0.3, 0.4) is 0 Å². The molecule has 46 valence electrons. The first-order chi connectivity index (χ1) is 3.68. The third-order valence-corrected chi connectivity index (χ3v) is 0.670. The van der Waals surface area contributed by atoms with Gasteiger partial charge in [0, 0.05) is 18.1 Å². The monoisotopic (exact) mass is 116 g/mol. The van der Waals surface area contributed by atoms with Crippen molar-refractivity contribution in [2.45, 2.75) is 20.0 Å². The van der Waals surface area contributed by atoms with Crippen LogP contribution in [0.15, 0.2) is 4.99 Å². The molecule has 0 radical (unpaired) electrons. The highest BCUT2D eigenvalue weighted by atomic mass is 16.6. The molecular formula is C4H8N2O2. The Hall–Kier alpha value is -0.930. The molecule has 0 rings (SSSR count). The summed E-state index contributed by atoms with van der Waals surface area (Å²) in [6.07, 6.45) is 0.632. The Kier molecular flexibility index (Phi) is 2.76. The van der Waals surface area contributed by atoms with E-state index in [-0.39, 0.29) is 0 Å². The highest BCUT2D eigenvalue weighted by Crippen LogP contribution is 1.86. The van der Waals surface area contributed by atoms with Crippen LogP contribution < -0.4 is 0 Å². The Labute approximate surface area is 47.4 Å². The molecule has 0 aliphatic heterocycles. The van der Waals surface area contributed by atoms with Crippen LogP contribution in [0.5, 0.6) is 0 Å². The maximum atomic E-state index is 9.78. The number of hydrogen-bond donors (Lipinski definition) is 0. The molecule has 1 atom stereocenters. The summed E-state index contributed by atoms with van der Waals surface area (Å²) >= 11 is 0. The smallest absolute Gasteiger partial charge is 0.262 e. The van der Waals surface area contributed by atoms with Crippen molar-refractivity contribution in [2.24, 2.45) is 4.99 Å². The topological polar surface area (TPSA) is 55.5 Å². The summed E-state index contributed by atoms with van der Waals surface area (Å²) in [5.74, 6) is 0. The van der Waals surface area contributed by atoms with Crippen LogP contribution in [0.4, 0.5) is 0 Å². The Morgan fingerprint density at radius 1 is 1.88 bits per heavy atom. The second-order valence-corrected chi connectivity index (χ2v) is 1.32. The van der Waals surface area contributed by atoms with Crippen molar-refractivity contribution in [3.8, 4) is 0 Å².